The summed E-state index contributed by atoms with van der Waals surface area (Å²) in [5, 5.41) is 25.9. The maximum Gasteiger partial charge on any atom is 0.326 e. The van der Waals surface area contributed by atoms with Gasteiger partial charge in [0.1, 0.15) is 18.1 Å². The molecule has 4 unspecified atom stereocenters. The van der Waals surface area contributed by atoms with Crippen molar-refractivity contribution in [2.75, 3.05) is 6.54 Å². The molecule has 0 spiro atoms. The van der Waals surface area contributed by atoms with Crippen LogP contribution in [0.3, 0.4) is 0 Å². The fraction of sp³-hybridized carbons (Fsp3) is 0.577. The van der Waals surface area contributed by atoms with E-state index in [1.807, 2.05) is 19.9 Å². The minimum atomic E-state index is -1.44. The fourth-order valence-electron chi connectivity index (χ4n) is 3.78. The van der Waals surface area contributed by atoms with Gasteiger partial charge in [-0.3, -0.25) is 19.2 Å². The second-order valence-electron chi connectivity index (χ2n) is 9.66. The van der Waals surface area contributed by atoms with Gasteiger partial charge in [-0.2, -0.15) is 0 Å². The number of carbonyl (C=O) groups is 5. The van der Waals surface area contributed by atoms with Gasteiger partial charge in [0.2, 0.25) is 17.7 Å². The standard InChI is InChI=1S/C26H41N5O7/c1-16(2)14-18(28)23(34)31-21(15-17-8-4-3-5-9-17)25(36)29-19(10-6-7-13-27)24(35)30-20(26(37)38)11-12-22(32)33/h3-5,8-9,16,18-21H,6-7,10-15,27-28H2,1-2H3,(H,29,36)(H,30,35)(H,31,34)(H,32,33)(H,37,38). The normalized spacial score (nSPS) is 14.1. The van der Waals surface area contributed by atoms with E-state index in [1.54, 1.807) is 24.3 Å². The predicted octanol–water partition coefficient (Wildman–Crippen LogP) is 0.135. The molecular weight excluding hydrogens is 494 g/mol. The zero-order chi connectivity index (χ0) is 28.7. The molecule has 0 aliphatic carbocycles. The van der Waals surface area contributed by atoms with E-state index in [1.165, 1.54) is 0 Å². The van der Waals surface area contributed by atoms with Crippen LogP contribution in [0.25, 0.3) is 0 Å². The molecule has 0 radical (unpaired) electrons. The average Bonchev–Trinajstić information content (AvgIpc) is 2.85. The Morgan fingerprint density at radius 3 is 1.95 bits per heavy atom. The number of nitrogens with two attached hydrogens (primary N) is 2. The molecule has 12 nitrogen and oxygen atoms in total. The van der Waals surface area contributed by atoms with Gasteiger partial charge in [-0.05, 0) is 50.1 Å². The summed E-state index contributed by atoms with van der Waals surface area (Å²) in [4.78, 5) is 61.5. The summed E-state index contributed by atoms with van der Waals surface area (Å²) in [5.74, 6) is -4.33. The SMILES string of the molecule is CC(C)CC(N)C(=O)NC(Cc1ccccc1)C(=O)NC(CCCCN)C(=O)NC(CCC(=O)O)C(=O)O. The van der Waals surface area contributed by atoms with Crippen LogP contribution in [0, 0.1) is 5.92 Å². The van der Waals surface area contributed by atoms with E-state index in [2.05, 4.69) is 16.0 Å². The van der Waals surface area contributed by atoms with Crippen molar-refractivity contribution in [3.8, 4) is 0 Å². The van der Waals surface area contributed by atoms with Crippen LogP contribution in [0.15, 0.2) is 30.3 Å². The second kappa shape index (κ2) is 17.1. The highest BCUT2D eigenvalue weighted by molar-refractivity contribution is 5.94. The van der Waals surface area contributed by atoms with Crippen molar-refractivity contribution in [2.24, 2.45) is 17.4 Å². The highest BCUT2D eigenvalue weighted by Gasteiger charge is 2.30. The number of hydrogen-bond donors (Lipinski definition) is 7. The molecule has 38 heavy (non-hydrogen) atoms. The molecule has 1 aromatic carbocycles. The molecule has 4 atom stereocenters. The van der Waals surface area contributed by atoms with Crippen LogP contribution in [-0.4, -0.2) is 70.6 Å². The third kappa shape index (κ3) is 12.6. The van der Waals surface area contributed by atoms with Crippen LogP contribution in [0.2, 0.25) is 0 Å². The van der Waals surface area contributed by atoms with Crippen molar-refractivity contribution >= 4 is 29.7 Å². The summed E-state index contributed by atoms with van der Waals surface area (Å²) >= 11 is 0. The van der Waals surface area contributed by atoms with Crippen molar-refractivity contribution in [2.45, 2.75) is 83.0 Å². The monoisotopic (exact) mass is 535 g/mol. The van der Waals surface area contributed by atoms with Crippen molar-refractivity contribution in [3.63, 3.8) is 0 Å². The number of unbranched alkanes of at least 4 members (excludes halogenated alkanes) is 1. The first-order valence-corrected chi connectivity index (χ1v) is 12.8. The summed E-state index contributed by atoms with van der Waals surface area (Å²) in [6.45, 7) is 4.21. The lowest BCUT2D eigenvalue weighted by atomic mass is 10.0. The predicted molar refractivity (Wildman–Crippen MR) is 141 cm³/mol. The third-order valence-corrected chi connectivity index (χ3v) is 5.82. The van der Waals surface area contributed by atoms with Crippen LogP contribution in [-0.2, 0) is 30.4 Å². The van der Waals surface area contributed by atoms with E-state index < -0.39 is 60.2 Å². The smallest absolute Gasteiger partial charge is 0.326 e. The minimum Gasteiger partial charge on any atom is -0.481 e. The van der Waals surface area contributed by atoms with Crippen LogP contribution in [0.4, 0.5) is 0 Å². The number of carboxylic acid groups (broad SMARTS) is 2. The van der Waals surface area contributed by atoms with Crippen LogP contribution in [0.1, 0.15) is 57.9 Å². The van der Waals surface area contributed by atoms with Crippen molar-refractivity contribution in [1.82, 2.24) is 16.0 Å². The van der Waals surface area contributed by atoms with E-state index in [9.17, 15) is 29.1 Å². The second-order valence-corrected chi connectivity index (χ2v) is 9.66. The molecule has 212 valence electrons. The lowest BCUT2D eigenvalue weighted by molar-refractivity contribution is -0.143. The first-order chi connectivity index (χ1) is 17.9. The van der Waals surface area contributed by atoms with E-state index in [-0.39, 0.29) is 25.2 Å². The molecule has 1 rings (SSSR count). The number of nitrogens with one attached hydrogen (secondary N) is 3. The summed E-state index contributed by atoms with van der Waals surface area (Å²) in [6.07, 6.45) is 0.983. The zero-order valence-electron chi connectivity index (χ0n) is 22.0. The largest absolute Gasteiger partial charge is 0.481 e. The van der Waals surface area contributed by atoms with Gasteiger partial charge < -0.3 is 37.6 Å². The molecule has 0 aliphatic rings. The number of carbonyl (C=O) groups excluding carboxylic acids is 3. The van der Waals surface area contributed by atoms with Gasteiger partial charge in [-0.1, -0.05) is 44.2 Å². The van der Waals surface area contributed by atoms with Crippen LogP contribution >= 0.6 is 0 Å². The van der Waals surface area contributed by atoms with E-state index in [4.69, 9.17) is 16.6 Å². The van der Waals surface area contributed by atoms with E-state index in [0.29, 0.717) is 25.8 Å². The third-order valence-electron chi connectivity index (χ3n) is 5.82. The van der Waals surface area contributed by atoms with E-state index >= 15 is 0 Å². The lowest BCUT2D eigenvalue weighted by Gasteiger charge is -2.25. The zero-order valence-corrected chi connectivity index (χ0v) is 22.0. The van der Waals surface area contributed by atoms with Crippen molar-refractivity contribution < 1.29 is 34.2 Å². The van der Waals surface area contributed by atoms with Crippen molar-refractivity contribution in [3.05, 3.63) is 35.9 Å². The Balaban J connectivity index is 3.09. The number of benzene rings is 1. The molecule has 0 aromatic heterocycles. The van der Waals surface area contributed by atoms with Crippen LogP contribution < -0.4 is 27.4 Å². The molecule has 0 saturated heterocycles. The first-order valence-electron chi connectivity index (χ1n) is 12.8. The van der Waals surface area contributed by atoms with Gasteiger partial charge in [0.25, 0.3) is 0 Å². The average molecular weight is 536 g/mol. The first kappa shape index (κ1) is 32.5. The Labute approximate surface area is 222 Å². The minimum absolute atomic E-state index is 0.139. The fourth-order valence-corrected chi connectivity index (χ4v) is 3.78. The molecule has 0 heterocycles. The molecule has 0 aliphatic heterocycles. The number of aliphatic carboxylic acids is 2. The molecule has 9 N–H and O–H groups in total. The Kier molecular flexibility index (Phi) is 14.6. The number of rotatable bonds is 18. The maximum absolute atomic E-state index is 13.3. The van der Waals surface area contributed by atoms with Gasteiger partial charge in [0, 0.05) is 12.8 Å². The molecule has 12 heteroatoms. The number of carboxylic acids is 2. The Hall–Kier alpha value is -3.51. The summed E-state index contributed by atoms with van der Waals surface area (Å²) in [6, 6.07) is 4.56. The molecule has 0 saturated carbocycles. The molecular formula is C26H41N5O7. The quantitative estimate of drug-likeness (QED) is 0.127. The molecule has 0 bridgehead atoms. The van der Waals surface area contributed by atoms with Gasteiger partial charge >= 0.3 is 11.9 Å². The summed E-state index contributed by atoms with van der Waals surface area (Å²) < 4.78 is 0. The van der Waals surface area contributed by atoms with Gasteiger partial charge in [-0.15, -0.1) is 0 Å². The van der Waals surface area contributed by atoms with Gasteiger partial charge in [-0.25, -0.2) is 4.79 Å². The maximum atomic E-state index is 13.3. The van der Waals surface area contributed by atoms with E-state index in [0.717, 1.165) is 5.56 Å². The Morgan fingerprint density at radius 2 is 1.39 bits per heavy atom. The highest BCUT2D eigenvalue weighted by Crippen LogP contribution is 2.09. The van der Waals surface area contributed by atoms with Crippen LogP contribution in [0.5, 0.6) is 0 Å². The van der Waals surface area contributed by atoms with Crippen molar-refractivity contribution in [1.29, 1.82) is 0 Å². The molecule has 1 aromatic rings. The topological polar surface area (TPSA) is 214 Å². The summed E-state index contributed by atoms with van der Waals surface area (Å²) in [7, 11) is 0. The van der Waals surface area contributed by atoms with Gasteiger partial charge in [0.05, 0.1) is 6.04 Å². The number of hydrogen-bond acceptors (Lipinski definition) is 7. The highest BCUT2D eigenvalue weighted by atomic mass is 16.4. The molecule has 0 fully saturated rings. The van der Waals surface area contributed by atoms with Gasteiger partial charge in [0.15, 0.2) is 0 Å². The number of amides is 3. The summed E-state index contributed by atoms with van der Waals surface area (Å²) in [5.41, 5.74) is 12.3. The Morgan fingerprint density at radius 1 is 0.816 bits per heavy atom. The molecule has 3 amide bonds. The lowest BCUT2D eigenvalue weighted by Crippen LogP contribution is -2.57. The Bertz CT molecular complexity index is 926.